The molecule has 0 aliphatic heterocycles. The molecule has 2 nitrogen and oxygen atoms in total. The molecule has 0 aliphatic carbocycles. The van der Waals surface area contributed by atoms with E-state index >= 15 is 0 Å². The number of benzene rings is 1. The average molecular weight is 282 g/mol. The van der Waals surface area contributed by atoms with Crippen molar-refractivity contribution in [1.29, 1.82) is 0 Å². The number of nitrogens with zero attached hydrogens (tertiary/aromatic N) is 1. The molecule has 0 amide bonds. The number of alkyl halides is 3. The third-order valence-corrected chi connectivity index (χ3v) is 2.89. The normalized spacial score (nSPS) is 12.0. The summed E-state index contributed by atoms with van der Waals surface area (Å²) < 4.78 is 37.7. The molecule has 0 aliphatic rings. The summed E-state index contributed by atoms with van der Waals surface area (Å²) in [6.45, 7) is 1.86. The van der Waals surface area contributed by atoms with E-state index < -0.39 is 19.3 Å². The first-order valence-corrected chi connectivity index (χ1v) is 5.85. The van der Waals surface area contributed by atoms with E-state index in [4.69, 9.17) is 11.6 Å². The van der Waals surface area contributed by atoms with E-state index in [1.807, 2.05) is 0 Å². The molecule has 0 bridgehead atoms. The molecule has 18 heavy (non-hydrogen) atoms. The fourth-order valence-corrected chi connectivity index (χ4v) is 1.94. The second kappa shape index (κ2) is 5.80. The standard InChI is InChI=1S/C12H15ClF3NO/c1-8(2)17(7-12(14,15)16)11-5-3-4-10(13)9(11)6-18/h3-5,8,18H,6-7H2,1-2H3. The summed E-state index contributed by atoms with van der Waals surface area (Å²) in [5.74, 6) is 0. The van der Waals surface area contributed by atoms with Gasteiger partial charge in [0.2, 0.25) is 0 Å². The number of aliphatic hydroxyl groups excluding tert-OH is 1. The fraction of sp³-hybridized carbons (Fsp3) is 0.500. The lowest BCUT2D eigenvalue weighted by atomic mass is 10.1. The summed E-state index contributed by atoms with van der Waals surface area (Å²) in [5, 5.41) is 9.50. The molecular weight excluding hydrogens is 267 g/mol. The molecule has 0 radical (unpaired) electrons. The Kier molecular flexibility index (Phi) is 4.87. The van der Waals surface area contributed by atoms with Gasteiger partial charge in [0.25, 0.3) is 0 Å². The second-order valence-corrected chi connectivity index (χ2v) is 4.64. The van der Waals surface area contributed by atoms with Crippen molar-refractivity contribution >= 4 is 17.3 Å². The van der Waals surface area contributed by atoms with Crippen molar-refractivity contribution in [3.8, 4) is 0 Å². The van der Waals surface area contributed by atoms with Crippen LogP contribution in [-0.4, -0.2) is 23.9 Å². The van der Waals surface area contributed by atoms with Gasteiger partial charge < -0.3 is 10.0 Å². The summed E-state index contributed by atoms with van der Waals surface area (Å²) in [7, 11) is 0. The van der Waals surface area contributed by atoms with Crippen LogP contribution in [-0.2, 0) is 6.61 Å². The van der Waals surface area contributed by atoms with E-state index in [9.17, 15) is 18.3 Å². The van der Waals surface area contributed by atoms with Gasteiger partial charge in [-0.15, -0.1) is 0 Å². The maximum atomic E-state index is 12.6. The molecule has 1 rings (SSSR count). The van der Waals surface area contributed by atoms with Crippen molar-refractivity contribution in [2.24, 2.45) is 0 Å². The summed E-state index contributed by atoms with van der Waals surface area (Å²) >= 11 is 5.88. The molecule has 1 aromatic rings. The first-order valence-electron chi connectivity index (χ1n) is 5.48. The van der Waals surface area contributed by atoms with Crippen molar-refractivity contribution in [2.45, 2.75) is 32.7 Å². The lowest BCUT2D eigenvalue weighted by Crippen LogP contribution is -2.39. The number of aliphatic hydroxyl groups is 1. The van der Waals surface area contributed by atoms with Crippen LogP contribution in [0, 0.1) is 0 Å². The van der Waals surface area contributed by atoms with Crippen LogP contribution in [0.2, 0.25) is 5.02 Å². The first-order chi connectivity index (χ1) is 8.26. The summed E-state index contributed by atoms with van der Waals surface area (Å²) in [5.41, 5.74) is 0.634. The van der Waals surface area contributed by atoms with Gasteiger partial charge in [0, 0.05) is 22.3 Å². The molecule has 0 fully saturated rings. The van der Waals surface area contributed by atoms with Crippen LogP contribution in [0.15, 0.2) is 18.2 Å². The molecule has 0 spiro atoms. The molecular formula is C12H15ClF3NO. The molecule has 0 saturated carbocycles. The zero-order valence-corrected chi connectivity index (χ0v) is 10.9. The van der Waals surface area contributed by atoms with Crippen LogP contribution in [0.3, 0.4) is 0 Å². The summed E-state index contributed by atoms with van der Waals surface area (Å²) in [6.07, 6.45) is -4.31. The Labute approximate surface area is 109 Å². The third kappa shape index (κ3) is 3.78. The molecule has 0 unspecified atom stereocenters. The van der Waals surface area contributed by atoms with Gasteiger partial charge in [-0.25, -0.2) is 0 Å². The first kappa shape index (κ1) is 15.1. The lowest BCUT2D eigenvalue weighted by Gasteiger charge is -2.31. The van der Waals surface area contributed by atoms with Crippen molar-refractivity contribution in [3.63, 3.8) is 0 Å². The molecule has 0 heterocycles. The lowest BCUT2D eigenvalue weighted by molar-refractivity contribution is -0.120. The van der Waals surface area contributed by atoms with Crippen LogP contribution < -0.4 is 4.90 Å². The highest BCUT2D eigenvalue weighted by Gasteiger charge is 2.32. The van der Waals surface area contributed by atoms with Gasteiger partial charge >= 0.3 is 6.18 Å². The molecule has 0 atom stereocenters. The Hall–Kier alpha value is -0.940. The summed E-state index contributed by atoms with van der Waals surface area (Å²) in [4.78, 5) is 1.18. The predicted molar refractivity (Wildman–Crippen MR) is 65.9 cm³/mol. The van der Waals surface area contributed by atoms with E-state index in [1.165, 1.54) is 11.0 Å². The van der Waals surface area contributed by atoms with E-state index in [2.05, 4.69) is 0 Å². The van der Waals surface area contributed by atoms with Crippen molar-refractivity contribution < 1.29 is 18.3 Å². The minimum absolute atomic E-state index is 0.267. The second-order valence-electron chi connectivity index (χ2n) is 4.23. The van der Waals surface area contributed by atoms with Crippen molar-refractivity contribution in [2.75, 3.05) is 11.4 Å². The van der Waals surface area contributed by atoms with Gasteiger partial charge in [-0.05, 0) is 26.0 Å². The number of hydrogen-bond acceptors (Lipinski definition) is 2. The minimum atomic E-state index is -4.31. The van der Waals surface area contributed by atoms with Gasteiger partial charge in [-0.2, -0.15) is 13.2 Å². The third-order valence-electron chi connectivity index (χ3n) is 2.53. The Morgan fingerprint density at radius 3 is 2.39 bits per heavy atom. The smallest absolute Gasteiger partial charge is 0.392 e. The number of hydrogen-bond donors (Lipinski definition) is 1. The van der Waals surface area contributed by atoms with Crippen molar-refractivity contribution in [1.82, 2.24) is 0 Å². The van der Waals surface area contributed by atoms with Gasteiger partial charge in [0.1, 0.15) is 6.54 Å². The van der Waals surface area contributed by atoms with Crippen LogP contribution in [0.4, 0.5) is 18.9 Å². The van der Waals surface area contributed by atoms with Gasteiger partial charge in [0.05, 0.1) is 6.61 Å². The SMILES string of the molecule is CC(C)N(CC(F)(F)F)c1cccc(Cl)c1CO. The Morgan fingerprint density at radius 1 is 1.33 bits per heavy atom. The highest BCUT2D eigenvalue weighted by molar-refractivity contribution is 6.31. The van der Waals surface area contributed by atoms with Gasteiger partial charge in [0.15, 0.2) is 0 Å². The van der Waals surface area contributed by atoms with E-state index in [0.717, 1.165) is 0 Å². The maximum absolute atomic E-state index is 12.6. The average Bonchev–Trinajstić information content (AvgIpc) is 2.24. The molecule has 1 aromatic carbocycles. The Bertz CT molecular complexity index is 407. The molecule has 0 aromatic heterocycles. The van der Waals surface area contributed by atoms with E-state index in [-0.39, 0.29) is 11.1 Å². The number of halogens is 4. The highest BCUT2D eigenvalue weighted by atomic mass is 35.5. The zero-order valence-electron chi connectivity index (χ0n) is 10.1. The maximum Gasteiger partial charge on any atom is 0.405 e. The zero-order chi connectivity index (χ0) is 13.9. The Morgan fingerprint density at radius 2 is 1.94 bits per heavy atom. The number of anilines is 1. The monoisotopic (exact) mass is 281 g/mol. The predicted octanol–water partition coefficient (Wildman–Crippen LogP) is 3.61. The molecule has 102 valence electrons. The fourth-order valence-electron chi connectivity index (χ4n) is 1.71. The van der Waals surface area contributed by atoms with Gasteiger partial charge in [-0.3, -0.25) is 0 Å². The molecule has 1 N–H and O–H groups in total. The van der Waals surface area contributed by atoms with Crippen LogP contribution in [0.1, 0.15) is 19.4 Å². The highest BCUT2D eigenvalue weighted by Crippen LogP contribution is 2.31. The quantitative estimate of drug-likeness (QED) is 0.911. The van der Waals surface area contributed by atoms with Crippen LogP contribution in [0.5, 0.6) is 0 Å². The Balaban J connectivity index is 3.18. The minimum Gasteiger partial charge on any atom is -0.392 e. The van der Waals surface area contributed by atoms with E-state index in [1.54, 1.807) is 26.0 Å². The van der Waals surface area contributed by atoms with Crippen molar-refractivity contribution in [3.05, 3.63) is 28.8 Å². The van der Waals surface area contributed by atoms with E-state index in [0.29, 0.717) is 11.3 Å². The largest absolute Gasteiger partial charge is 0.405 e. The number of rotatable bonds is 4. The van der Waals surface area contributed by atoms with Gasteiger partial charge in [-0.1, -0.05) is 17.7 Å². The summed E-state index contributed by atoms with van der Waals surface area (Å²) in [6, 6.07) is 4.30. The topological polar surface area (TPSA) is 23.5 Å². The molecule has 0 saturated heterocycles. The molecule has 6 heteroatoms. The van der Waals surface area contributed by atoms with Crippen LogP contribution in [0.25, 0.3) is 0 Å². The van der Waals surface area contributed by atoms with Crippen LogP contribution >= 0.6 is 11.6 Å².